The highest BCUT2D eigenvalue weighted by Crippen LogP contribution is 2.09. The van der Waals surface area contributed by atoms with E-state index >= 15 is 0 Å². The highest BCUT2D eigenvalue weighted by atomic mass is 16.6. The molecular weight excluding hydrogens is 248 g/mol. The quantitative estimate of drug-likeness (QED) is 0.374. The molecule has 0 aliphatic heterocycles. The highest BCUT2D eigenvalue weighted by Gasteiger charge is 2.22. The summed E-state index contributed by atoms with van der Waals surface area (Å²) in [4.78, 5) is 17.7. The number of ether oxygens (including phenoxy) is 1. The van der Waals surface area contributed by atoms with Gasteiger partial charge in [0.1, 0.15) is 24.6 Å². The number of hydrogen-bond acceptors (Lipinski definition) is 8. The van der Waals surface area contributed by atoms with E-state index in [4.69, 9.17) is 15.7 Å². The molecule has 0 aliphatic rings. The van der Waals surface area contributed by atoms with Gasteiger partial charge in [-0.05, 0) is 4.92 Å². The lowest BCUT2D eigenvalue weighted by Gasteiger charge is -2.20. The molecule has 1 aromatic rings. The summed E-state index contributed by atoms with van der Waals surface area (Å²) in [7, 11) is 0. The zero-order valence-corrected chi connectivity index (χ0v) is 9.38. The average Bonchev–Trinajstić information content (AvgIpc) is 2.82. The predicted molar refractivity (Wildman–Crippen MR) is 57.0 cm³/mol. The topological polar surface area (TPSA) is 146 Å². The van der Waals surface area contributed by atoms with Gasteiger partial charge in [-0.25, -0.2) is 10.5 Å². The number of imidazole rings is 1. The van der Waals surface area contributed by atoms with Crippen LogP contribution in [-0.2, 0) is 16.3 Å². The number of aromatic nitrogens is 2. The number of aliphatic hydroxyl groups is 2. The van der Waals surface area contributed by atoms with Gasteiger partial charge < -0.3 is 29.9 Å². The van der Waals surface area contributed by atoms with E-state index in [0.29, 0.717) is 0 Å². The first kappa shape index (κ1) is 14.5. The Morgan fingerprint density at radius 2 is 2.39 bits per heavy atom. The van der Waals surface area contributed by atoms with Gasteiger partial charge in [0.05, 0.1) is 13.2 Å². The molecule has 18 heavy (non-hydrogen) atoms. The van der Waals surface area contributed by atoms with E-state index in [1.165, 1.54) is 12.4 Å². The SMILES string of the molecule is NOCC(OCn1ccnc1[N+](=O)[O-])C(O)CO. The molecule has 0 saturated carbocycles. The first-order chi connectivity index (χ1) is 8.60. The van der Waals surface area contributed by atoms with Crippen LogP contribution in [0, 0.1) is 10.1 Å². The summed E-state index contributed by atoms with van der Waals surface area (Å²) in [6, 6.07) is 0. The summed E-state index contributed by atoms with van der Waals surface area (Å²) in [5.41, 5.74) is 0. The van der Waals surface area contributed by atoms with E-state index in [9.17, 15) is 15.2 Å². The van der Waals surface area contributed by atoms with Gasteiger partial charge in [-0.15, -0.1) is 0 Å². The van der Waals surface area contributed by atoms with Crippen LogP contribution in [-0.4, -0.2) is 50.1 Å². The van der Waals surface area contributed by atoms with Crippen molar-refractivity contribution in [2.75, 3.05) is 13.2 Å². The molecule has 1 aromatic heterocycles. The van der Waals surface area contributed by atoms with Gasteiger partial charge in [-0.1, -0.05) is 4.98 Å². The summed E-state index contributed by atoms with van der Waals surface area (Å²) in [6.45, 7) is -0.925. The van der Waals surface area contributed by atoms with Crippen LogP contribution in [0.4, 0.5) is 5.95 Å². The Kier molecular flexibility index (Phi) is 5.61. The number of nitrogens with two attached hydrogens (primary N) is 1. The molecule has 0 bridgehead atoms. The van der Waals surface area contributed by atoms with E-state index in [2.05, 4.69) is 9.82 Å². The van der Waals surface area contributed by atoms with Crippen molar-refractivity contribution in [3.63, 3.8) is 0 Å². The Morgan fingerprint density at radius 3 is 2.94 bits per heavy atom. The van der Waals surface area contributed by atoms with Crippen LogP contribution >= 0.6 is 0 Å². The van der Waals surface area contributed by atoms with E-state index in [1.807, 2.05) is 0 Å². The fourth-order valence-corrected chi connectivity index (χ4v) is 1.23. The van der Waals surface area contributed by atoms with Crippen LogP contribution in [0.3, 0.4) is 0 Å². The Hall–Kier alpha value is -1.59. The van der Waals surface area contributed by atoms with Crippen molar-refractivity contribution in [3.8, 4) is 0 Å². The molecule has 2 unspecified atom stereocenters. The van der Waals surface area contributed by atoms with Crippen molar-refractivity contribution in [2.24, 2.45) is 5.90 Å². The molecule has 0 spiro atoms. The lowest BCUT2D eigenvalue weighted by Crippen LogP contribution is -2.37. The second-order valence-electron chi connectivity index (χ2n) is 3.37. The van der Waals surface area contributed by atoms with Gasteiger partial charge >= 0.3 is 5.95 Å². The van der Waals surface area contributed by atoms with Crippen LogP contribution in [0.1, 0.15) is 0 Å². The minimum Gasteiger partial charge on any atom is -0.394 e. The second kappa shape index (κ2) is 6.98. The molecule has 0 radical (unpaired) electrons. The van der Waals surface area contributed by atoms with Gasteiger partial charge in [-0.3, -0.25) is 0 Å². The third-order valence-corrected chi connectivity index (χ3v) is 2.16. The molecule has 4 N–H and O–H groups in total. The van der Waals surface area contributed by atoms with Crippen molar-refractivity contribution in [3.05, 3.63) is 22.5 Å². The normalized spacial score (nSPS) is 14.4. The molecule has 2 atom stereocenters. The number of rotatable bonds is 8. The third-order valence-electron chi connectivity index (χ3n) is 2.16. The molecule has 0 fully saturated rings. The Bertz CT molecular complexity index is 383. The maximum Gasteiger partial charge on any atom is 0.436 e. The van der Waals surface area contributed by atoms with Crippen molar-refractivity contribution < 1.29 is 24.7 Å². The Balaban J connectivity index is 2.61. The standard InChI is InChI=1S/C8H14N4O6/c9-18-4-7(6(14)3-13)17-5-11-2-1-10-8(11)12(15)16/h1-2,6-7,13-14H,3-5,9H2. The molecule has 1 rings (SSSR count). The fraction of sp³-hybridized carbons (Fsp3) is 0.625. The first-order valence-electron chi connectivity index (χ1n) is 4.97. The van der Waals surface area contributed by atoms with Crippen LogP contribution < -0.4 is 5.90 Å². The largest absolute Gasteiger partial charge is 0.436 e. The van der Waals surface area contributed by atoms with Crippen LogP contribution in [0.2, 0.25) is 0 Å². The first-order valence-corrected chi connectivity index (χ1v) is 4.97. The maximum atomic E-state index is 10.6. The number of nitro groups is 1. The summed E-state index contributed by atoms with van der Waals surface area (Å²) < 4.78 is 6.31. The lowest BCUT2D eigenvalue weighted by atomic mass is 10.2. The molecule has 1 heterocycles. The second-order valence-corrected chi connectivity index (χ2v) is 3.37. The molecule has 0 saturated heterocycles. The van der Waals surface area contributed by atoms with Crippen LogP contribution in [0.15, 0.2) is 12.4 Å². The Labute approximate surface area is 102 Å². The van der Waals surface area contributed by atoms with Crippen LogP contribution in [0.5, 0.6) is 0 Å². The van der Waals surface area contributed by atoms with Gasteiger partial charge in [0.2, 0.25) is 0 Å². The van der Waals surface area contributed by atoms with E-state index in [1.54, 1.807) is 0 Å². The monoisotopic (exact) mass is 262 g/mol. The molecule has 10 heteroatoms. The summed E-state index contributed by atoms with van der Waals surface area (Å²) >= 11 is 0. The minimum atomic E-state index is -1.20. The van der Waals surface area contributed by atoms with Crippen molar-refractivity contribution in [2.45, 2.75) is 18.9 Å². The van der Waals surface area contributed by atoms with E-state index in [0.717, 1.165) is 4.57 Å². The van der Waals surface area contributed by atoms with Crippen molar-refractivity contribution >= 4 is 5.95 Å². The van der Waals surface area contributed by atoms with Crippen molar-refractivity contribution in [1.82, 2.24) is 9.55 Å². The number of aliphatic hydroxyl groups excluding tert-OH is 2. The van der Waals surface area contributed by atoms with Gasteiger partial charge in [0.15, 0.2) is 6.73 Å². The zero-order valence-electron chi connectivity index (χ0n) is 9.38. The molecular formula is C8H14N4O6. The van der Waals surface area contributed by atoms with Gasteiger partial charge in [0.25, 0.3) is 0 Å². The lowest BCUT2D eigenvalue weighted by molar-refractivity contribution is -0.397. The highest BCUT2D eigenvalue weighted by molar-refractivity contribution is 5.05. The third kappa shape index (κ3) is 3.72. The number of hydrogen-bond donors (Lipinski definition) is 3. The number of nitrogens with zero attached hydrogens (tertiary/aromatic N) is 3. The molecule has 102 valence electrons. The van der Waals surface area contributed by atoms with Crippen LogP contribution in [0.25, 0.3) is 0 Å². The van der Waals surface area contributed by atoms with Crippen molar-refractivity contribution in [1.29, 1.82) is 0 Å². The van der Waals surface area contributed by atoms with Gasteiger partial charge in [-0.2, -0.15) is 0 Å². The molecule has 10 nitrogen and oxygen atoms in total. The Morgan fingerprint density at radius 1 is 1.67 bits per heavy atom. The molecule has 0 aromatic carbocycles. The maximum absolute atomic E-state index is 10.6. The average molecular weight is 262 g/mol. The van der Waals surface area contributed by atoms with E-state index < -0.39 is 23.7 Å². The minimum absolute atomic E-state index is 0.162. The summed E-state index contributed by atoms with van der Waals surface area (Å²) in [5.74, 6) is 4.46. The smallest absolute Gasteiger partial charge is 0.394 e. The summed E-state index contributed by atoms with van der Waals surface area (Å²) in [6.07, 6.45) is 0.500. The zero-order chi connectivity index (χ0) is 13.5. The van der Waals surface area contributed by atoms with Gasteiger partial charge in [0, 0.05) is 0 Å². The summed E-state index contributed by atoms with van der Waals surface area (Å²) in [5, 5.41) is 28.7. The van der Waals surface area contributed by atoms with E-state index in [-0.39, 0.29) is 19.3 Å². The molecule has 0 amide bonds. The predicted octanol–water partition coefficient (Wildman–Crippen LogP) is -1.62. The fourth-order valence-electron chi connectivity index (χ4n) is 1.23. The molecule has 0 aliphatic carbocycles.